The topological polar surface area (TPSA) is 43.6 Å². The number of pyridine rings is 3. The molecule has 0 saturated carbocycles. The van der Waals surface area contributed by atoms with E-state index in [0.29, 0.717) is 5.15 Å². The molecule has 132 valence electrons. The fourth-order valence-electron chi connectivity index (χ4n) is 3.35. The van der Waals surface area contributed by atoms with Crippen molar-refractivity contribution in [1.82, 2.24) is 19.5 Å². The molecule has 4 aromatic heterocycles. The summed E-state index contributed by atoms with van der Waals surface area (Å²) in [5.74, 6) is -0.345. The van der Waals surface area contributed by atoms with Crippen molar-refractivity contribution in [2.45, 2.75) is 25.8 Å². The highest BCUT2D eigenvalue weighted by atomic mass is 79.9. The predicted octanol–water partition coefficient (Wildman–Crippen LogP) is 5.92. The van der Waals surface area contributed by atoms with Gasteiger partial charge in [0.2, 0.25) is 0 Å². The Morgan fingerprint density at radius 3 is 2.69 bits per heavy atom. The zero-order chi connectivity index (χ0) is 18.3. The van der Waals surface area contributed by atoms with Crippen LogP contribution in [0.1, 0.15) is 31.5 Å². The Morgan fingerprint density at radius 1 is 1.12 bits per heavy atom. The largest absolute Gasteiger partial charge is 0.330 e. The van der Waals surface area contributed by atoms with Gasteiger partial charge in [-0.25, -0.2) is 9.37 Å². The average molecular weight is 434 g/mol. The SMILES string of the molecule is CCCC(c1ccc(F)cn1)n1c2cc(Cl)ncc2c2ncc(Br)cc21. The minimum absolute atomic E-state index is 0.0600. The van der Waals surface area contributed by atoms with Gasteiger partial charge in [-0.2, -0.15) is 0 Å². The minimum atomic E-state index is -0.345. The summed E-state index contributed by atoms with van der Waals surface area (Å²) in [4.78, 5) is 13.1. The molecule has 4 nitrogen and oxygen atoms in total. The molecule has 0 amide bonds. The van der Waals surface area contributed by atoms with Crippen molar-refractivity contribution in [3.05, 3.63) is 64.0 Å². The minimum Gasteiger partial charge on any atom is -0.330 e. The average Bonchev–Trinajstić information content (AvgIpc) is 2.93. The van der Waals surface area contributed by atoms with Gasteiger partial charge in [-0.1, -0.05) is 24.9 Å². The standard InChI is InChI=1S/C19H15BrClFN4/c1-2-3-15(14-5-4-12(22)9-23-14)26-16-7-18(21)24-10-13(16)19-17(26)6-11(20)8-25-19/h4-10,15H,2-3H2,1H3. The molecular formula is C19H15BrClFN4. The van der Waals surface area contributed by atoms with Crippen LogP contribution in [-0.4, -0.2) is 19.5 Å². The third-order valence-electron chi connectivity index (χ3n) is 4.42. The second kappa shape index (κ2) is 6.93. The van der Waals surface area contributed by atoms with Crippen molar-refractivity contribution in [2.24, 2.45) is 0 Å². The Balaban J connectivity index is 2.06. The van der Waals surface area contributed by atoms with E-state index in [-0.39, 0.29) is 11.9 Å². The lowest BCUT2D eigenvalue weighted by molar-refractivity contribution is 0.541. The lowest BCUT2D eigenvalue weighted by Crippen LogP contribution is -2.12. The smallest absolute Gasteiger partial charge is 0.141 e. The van der Waals surface area contributed by atoms with E-state index in [0.717, 1.165) is 44.9 Å². The van der Waals surface area contributed by atoms with Crippen molar-refractivity contribution in [1.29, 1.82) is 0 Å². The summed E-state index contributed by atoms with van der Waals surface area (Å²) in [5.41, 5.74) is 3.56. The maximum absolute atomic E-state index is 13.4. The number of hydrogen-bond donors (Lipinski definition) is 0. The highest BCUT2D eigenvalue weighted by Gasteiger charge is 2.22. The second-order valence-electron chi connectivity index (χ2n) is 6.12. The Hall–Kier alpha value is -2.05. The molecule has 4 rings (SSSR count). The van der Waals surface area contributed by atoms with Crippen LogP contribution < -0.4 is 0 Å². The van der Waals surface area contributed by atoms with Crippen molar-refractivity contribution in [3.63, 3.8) is 0 Å². The molecule has 0 spiro atoms. The number of halogens is 3. The molecule has 4 aromatic rings. The fourth-order valence-corrected chi connectivity index (χ4v) is 3.83. The van der Waals surface area contributed by atoms with Gasteiger partial charge in [0.1, 0.15) is 11.0 Å². The molecule has 4 heterocycles. The fraction of sp³-hybridized carbons (Fsp3) is 0.211. The summed E-state index contributed by atoms with van der Waals surface area (Å²) in [6.07, 6.45) is 6.58. The molecule has 0 fully saturated rings. The van der Waals surface area contributed by atoms with Gasteiger partial charge in [-0.15, -0.1) is 0 Å². The number of aromatic nitrogens is 4. The van der Waals surface area contributed by atoms with E-state index in [4.69, 9.17) is 11.6 Å². The van der Waals surface area contributed by atoms with Gasteiger partial charge in [-0.05, 0) is 46.6 Å². The monoisotopic (exact) mass is 432 g/mol. The van der Waals surface area contributed by atoms with E-state index in [2.05, 4.69) is 42.4 Å². The Kier molecular flexibility index (Phi) is 4.63. The van der Waals surface area contributed by atoms with E-state index in [1.165, 1.54) is 12.3 Å². The van der Waals surface area contributed by atoms with Crippen molar-refractivity contribution < 1.29 is 4.39 Å². The number of nitrogens with zero attached hydrogens (tertiary/aromatic N) is 4. The number of hydrogen-bond acceptors (Lipinski definition) is 3. The highest BCUT2D eigenvalue weighted by molar-refractivity contribution is 9.10. The third kappa shape index (κ3) is 2.97. The first kappa shape index (κ1) is 17.4. The highest BCUT2D eigenvalue weighted by Crippen LogP contribution is 2.36. The molecule has 0 bridgehead atoms. The summed E-state index contributed by atoms with van der Waals surface area (Å²) in [5, 5.41) is 1.35. The quantitative estimate of drug-likeness (QED) is 0.375. The lowest BCUT2D eigenvalue weighted by Gasteiger charge is -2.20. The zero-order valence-corrected chi connectivity index (χ0v) is 16.3. The molecule has 26 heavy (non-hydrogen) atoms. The first-order valence-corrected chi connectivity index (χ1v) is 9.47. The van der Waals surface area contributed by atoms with Crippen LogP contribution in [0.2, 0.25) is 5.15 Å². The third-order valence-corrected chi connectivity index (χ3v) is 5.06. The summed E-state index contributed by atoms with van der Waals surface area (Å²) in [6.45, 7) is 2.12. The van der Waals surface area contributed by atoms with Crippen LogP contribution in [-0.2, 0) is 0 Å². The van der Waals surface area contributed by atoms with E-state index in [1.54, 1.807) is 18.5 Å². The molecule has 7 heteroatoms. The van der Waals surface area contributed by atoms with Gasteiger partial charge in [0.05, 0.1) is 34.5 Å². The molecule has 0 N–H and O–H groups in total. The van der Waals surface area contributed by atoms with Crippen LogP contribution in [0.5, 0.6) is 0 Å². The van der Waals surface area contributed by atoms with Crippen LogP contribution in [0.4, 0.5) is 4.39 Å². The first-order chi connectivity index (χ1) is 12.6. The number of rotatable bonds is 4. The van der Waals surface area contributed by atoms with Crippen molar-refractivity contribution in [2.75, 3.05) is 0 Å². The molecule has 0 saturated heterocycles. The van der Waals surface area contributed by atoms with Gasteiger partial charge in [0, 0.05) is 22.3 Å². The molecule has 1 atom stereocenters. The molecular weight excluding hydrogens is 419 g/mol. The Morgan fingerprint density at radius 2 is 1.96 bits per heavy atom. The van der Waals surface area contributed by atoms with E-state index < -0.39 is 0 Å². The summed E-state index contributed by atoms with van der Waals surface area (Å²) < 4.78 is 16.4. The van der Waals surface area contributed by atoms with Crippen molar-refractivity contribution >= 4 is 49.5 Å². The van der Waals surface area contributed by atoms with E-state index in [1.807, 2.05) is 12.1 Å². The molecule has 0 aliphatic rings. The molecule has 0 aliphatic carbocycles. The van der Waals surface area contributed by atoms with Crippen LogP contribution in [0, 0.1) is 5.82 Å². The summed E-state index contributed by atoms with van der Waals surface area (Å²) in [7, 11) is 0. The molecule has 0 radical (unpaired) electrons. The van der Waals surface area contributed by atoms with Crippen LogP contribution in [0.15, 0.2) is 47.3 Å². The summed E-state index contributed by atoms with van der Waals surface area (Å²) in [6, 6.07) is 7.00. The molecule has 0 aliphatic heterocycles. The normalized spacial score (nSPS) is 12.8. The first-order valence-electron chi connectivity index (χ1n) is 8.30. The van der Waals surface area contributed by atoms with Gasteiger partial charge in [-0.3, -0.25) is 9.97 Å². The lowest BCUT2D eigenvalue weighted by atomic mass is 10.1. The van der Waals surface area contributed by atoms with Crippen LogP contribution in [0.25, 0.3) is 21.9 Å². The Bertz CT molecular complexity index is 1040. The van der Waals surface area contributed by atoms with E-state index in [9.17, 15) is 4.39 Å². The van der Waals surface area contributed by atoms with E-state index >= 15 is 0 Å². The molecule has 0 aromatic carbocycles. The van der Waals surface area contributed by atoms with Gasteiger partial charge >= 0.3 is 0 Å². The van der Waals surface area contributed by atoms with Crippen LogP contribution in [0.3, 0.4) is 0 Å². The second-order valence-corrected chi connectivity index (χ2v) is 7.42. The maximum Gasteiger partial charge on any atom is 0.141 e. The number of fused-ring (bicyclic) bond motifs is 3. The van der Waals surface area contributed by atoms with Gasteiger partial charge in [0.25, 0.3) is 0 Å². The van der Waals surface area contributed by atoms with Crippen LogP contribution >= 0.6 is 27.5 Å². The Labute approximate surface area is 163 Å². The summed E-state index contributed by atoms with van der Waals surface area (Å²) >= 11 is 9.69. The maximum atomic E-state index is 13.4. The zero-order valence-electron chi connectivity index (χ0n) is 14.0. The predicted molar refractivity (Wildman–Crippen MR) is 105 cm³/mol. The van der Waals surface area contributed by atoms with Crippen molar-refractivity contribution in [3.8, 4) is 0 Å². The molecule has 1 unspecified atom stereocenters. The van der Waals surface area contributed by atoms with Gasteiger partial charge < -0.3 is 4.57 Å². The van der Waals surface area contributed by atoms with Gasteiger partial charge in [0.15, 0.2) is 0 Å².